The van der Waals surface area contributed by atoms with E-state index in [-0.39, 0.29) is 0 Å². The zero-order valence-electron chi connectivity index (χ0n) is 32.2. The molecule has 10 aromatic rings. The van der Waals surface area contributed by atoms with Crippen LogP contribution in [0.15, 0.2) is 218 Å². The van der Waals surface area contributed by atoms with Gasteiger partial charge in [-0.15, -0.1) is 0 Å². The Kier molecular flexibility index (Phi) is 6.64. The van der Waals surface area contributed by atoms with Crippen LogP contribution in [0.2, 0.25) is 0 Å². The van der Waals surface area contributed by atoms with Gasteiger partial charge in [-0.25, -0.2) is 0 Å². The molecule has 1 unspecified atom stereocenters. The van der Waals surface area contributed by atoms with Gasteiger partial charge in [0.2, 0.25) is 0 Å². The summed E-state index contributed by atoms with van der Waals surface area (Å²) < 4.78 is 7.05. The van der Waals surface area contributed by atoms with Crippen LogP contribution in [-0.4, -0.2) is 0 Å². The predicted molar refractivity (Wildman–Crippen MR) is 242 cm³/mol. The molecule has 1 heteroatoms. The lowest BCUT2D eigenvalue weighted by Gasteiger charge is -2.40. The Morgan fingerprint density at radius 3 is 1.54 bits per heavy atom. The smallest absolute Gasteiger partial charge is 0.140 e. The van der Waals surface area contributed by atoms with Crippen molar-refractivity contribution in [2.24, 2.45) is 0 Å². The first kappa shape index (κ1) is 32.6. The van der Waals surface area contributed by atoms with Crippen molar-refractivity contribution in [2.45, 2.75) is 10.8 Å². The summed E-state index contributed by atoms with van der Waals surface area (Å²) in [6.45, 7) is 0. The van der Waals surface area contributed by atoms with Crippen molar-refractivity contribution in [3.05, 3.63) is 263 Å². The highest BCUT2D eigenvalue weighted by Crippen LogP contribution is 2.63. The van der Waals surface area contributed by atoms with Crippen molar-refractivity contribution in [3.63, 3.8) is 0 Å². The first-order chi connectivity index (χ1) is 29.3. The normalized spacial score (nSPS) is 16.1. The molecule has 10 aromatic carbocycles. The van der Waals surface area contributed by atoms with Crippen molar-refractivity contribution in [1.82, 2.24) is 0 Å². The zero-order valence-corrected chi connectivity index (χ0v) is 32.2. The van der Waals surface area contributed by atoms with Crippen LogP contribution in [0.4, 0.5) is 0 Å². The largest absolute Gasteiger partial charge is 0.456 e. The molecule has 13 rings (SSSR count). The standard InChI is InChI=1S/C58H36O/c1-2-16-41(17-3-1)57(49-23-11-10-22-47(49)48-33-28-38-14-4-6-18-43(38)55(48)57)42-31-26-37(27-32-42)40-30-35-54-53(36-40)58(52-34-29-39-15-5-7-19-44(39)56(52)59-54)50-24-12-8-20-45(50)46-21-9-13-25-51(46)58/h1-36H. The van der Waals surface area contributed by atoms with Crippen molar-refractivity contribution >= 4 is 21.5 Å². The molecule has 0 aromatic heterocycles. The number of fused-ring (bicyclic) bond motifs is 16. The summed E-state index contributed by atoms with van der Waals surface area (Å²) in [5.74, 6) is 1.84. The maximum absolute atomic E-state index is 7.05. The van der Waals surface area contributed by atoms with E-state index in [4.69, 9.17) is 4.74 Å². The van der Waals surface area contributed by atoms with E-state index in [9.17, 15) is 0 Å². The van der Waals surface area contributed by atoms with Crippen molar-refractivity contribution in [3.8, 4) is 44.9 Å². The van der Waals surface area contributed by atoms with E-state index in [0.29, 0.717) is 0 Å². The van der Waals surface area contributed by atoms with E-state index < -0.39 is 10.8 Å². The number of benzene rings is 10. The maximum atomic E-state index is 7.05. The average molecular weight is 749 g/mol. The first-order valence-corrected chi connectivity index (χ1v) is 20.6. The van der Waals surface area contributed by atoms with E-state index in [2.05, 4.69) is 218 Å². The molecule has 3 aliphatic rings. The SMILES string of the molecule is c1ccc(C2(c3ccc(-c4ccc5c(c4)C4(c6ccccc6-c6ccccc64)c4ccc6ccccc6c4O5)cc3)c3ccccc3-c3ccc4ccccc4c32)cc1. The predicted octanol–water partition coefficient (Wildman–Crippen LogP) is 14.5. The van der Waals surface area contributed by atoms with Crippen molar-refractivity contribution in [1.29, 1.82) is 0 Å². The third-order valence-electron chi connectivity index (χ3n) is 13.6. The third-order valence-corrected chi connectivity index (χ3v) is 13.6. The maximum Gasteiger partial charge on any atom is 0.140 e. The van der Waals surface area contributed by atoms with Crippen molar-refractivity contribution in [2.75, 3.05) is 0 Å². The van der Waals surface area contributed by atoms with Crippen LogP contribution in [0.25, 0.3) is 54.9 Å². The molecule has 0 N–H and O–H groups in total. The van der Waals surface area contributed by atoms with E-state index in [1.807, 2.05) is 0 Å². The Morgan fingerprint density at radius 1 is 0.305 bits per heavy atom. The summed E-state index contributed by atoms with van der Waals surface area (Å²) in [4.78, 5) is 0. The zero-order chi connectivity index (χ0) is 38.7. The van der Waals surface area contributed by atoms with Gasteiger partial charge in [-0.05, 0) is 95.1 Å². The highest BCUT2D eigenvalue weighted by Gasteiger charge is 2.52. The molecule has 1 spiro atoms. The second-order valence-corrected chi connectivity index (χ2v) is 16.3. The van der Waals surface area contributed by atoms with Crippen molar-refractivity contribution < 1.29 is 4.74 Å². The Balaban J connectivity index is 1.04. The van der Waals surface area contributed by atoms with Crippen LogP contribution in [-0.2, 0) is 10.8 Å². The summed E-state index contributed by atoms with van der Waals surface area (Å²) in [5, 5.41) is 4.85. The summed E-state index contributed by atoms with van der Waals surface area (Å²) in [6, 6.07) is 81.0. The molecular weight excluding hydrogens is 713 g/mol. The fourth-order valence-corrected chi connectivity index (χ4v) is 11.3. The van der Waals surface area contributed by atoms with E-state index >= 15 is 0 Å². The molecule has 274 valence electrons. The van der Waals surface area contributed by atoms with E-state index in [0.717, 1.165) is 22.4 Å². The molecule has 0 saturated heterocycles. The van der Waals surface area contributed by atoms with Gasteiger partial charge in [0.25, 0.3) is 0 Å². The molecule has 0 fully saturated rings. The Labute approximate surface area is 343 Å². The summed E-state index contributed by atoms with van der Waals surface area (Å²) in [7, 11) is 0. The highest BCUT2D eigenvalue weighted by molar-refractivity contribution is 6.01. The van der Waals surface area contributed by atoms with Gasteiger partial charge in [0, 0.05) is 16.5 Å². The van der Waals surface area contributed by atoms with E-state index in [1.165, 1.54) is 88.5 Å². The van der Waals surface area contributed by atoms with Crippen LogP contribution in [0.1, 0.15) is 44.5 Å². The van der Waals surface area contributed by atoms with Gasteiger partial charge in [0.05, 0.1) is 10.8 Å². The van der Waals surface area contributed by atoms with Crippen LogP contribution >= 0.6 is 0 Å². The minimum Gasteiger partial charge on any atom is -0.456 e. The second kappa shape index (κ2) is 12.0. The van der Waals surface area contributed by atoms with Gasteiger partial charge in [0.15, 0.2) is 0 Å². The minimum absolute atomic E-state index is 0.496. The average Bonchev–Trinajstić information content (AvgIpc) is 3.78. The molecule has 1 nitrogen and oxygen atoms in total. The number of hydrogen-bond acceptors (Lipinski definition) is 1. The van der Waals surface area contributed by atoms with Gasteiger partial charge in [0.1, 0.15) is 11.5 Å². The summed E-state index contributed by atoms with van der Waals surface area (Å²) in [6.07, 6.45) is 0. The van der Waals surface area contributed by atoms with Crippen LogP contribution in [0.5, 0.6) is 11.5 Å². The third kappa shape index (κ3) is 4.19. The van der Waals surface area contributed by atoms with Gasteiger partial charge in [-0.1, -0.05) is 206 Å². The topological polar surface area (TPSA) is 9.23 Å². The fraction of sp³-hybridized carbons (Fsp3) is 0.0345. The minimum atomic E-state index is -0.550. The molecule has 1 aliphatic heterocycles. The molecule has 0 saturated carbocycles. The molecule has 1 heterocycles. The molecule has 2 aliphatic carbocycles. The highest BCUT2D eigenvalue weighted by atomic mass is 16.5. The monoisotopic (exact) mass is 748 g/mol. The van der Waals surface area contributed by atoms with Gasteiger partial charge in [-0.2, -0.15) is 0 Å². The molecule has 0 radical (unpaired) electrons. The molecule has 1 atom stereocenters. The van der Waals surface area contributed by atoms with E-state index in [1.54, 1.807) is 0 Å². The molecule has 0 amide bonds. The van der Waals surface area contributed by atoms with Crippen LogP contribution in [0, 0.1) is 0 Å². The Hall–Kier alpha value is -7.48. The van der Waals surface area contributed by atoms with Crippen LogP contribution in [0.3, 0.4) is 0 Å². The lowest BCUT2D eigenvalue weighted by Crippen LogP contribution is -2.32. The lowest BCUT2D eigenvalue weighted by molar-refractivity contribution is 0.442. The summed E-state index contributed by atoms with van der Waals surface area (Å²) >= 11 is 0. The Morgan fingerprint density at radius 2 is 0.831 bits per heavy atom. The number of ether oxygens (including phenoxy) is 1. The lowest BCUT2D eigenvalue weighted by atomic mass is 9.65. The first-order valence-electron chi connectivity index (χ1n) is 20.6. The Bertz CT molecular complexity index is 3310. The summed E-state index contributed by atoms with van der Waals surface area (Å²) in [5.41, 5.74) is 16.6. The fourth-order valence-electron chi connectivity index (χ4n) is 11.3. The molecule has 59 heavy (non-hydrogen) atoms. The van der Waals surface area contributed by atoms with Gasteiger partial charge < -0.3 is 4.74 Å². The molecule has 0 bridgehead atoms. The van der Waals surface area contributed by atoms with Crippen LogP contribution < -0.4 is 4.74 Å². The van der Waals surface area contributed by atoms with Gasteiger partial charge >= 0.3 is 0 Å². The number of hydrogen-bond donors (Lipinski definition) is 0. The number of rotatable bonds is 3. The quantitative estimate of drug-likeness (QED) is 0.175. The second-order valence-electron chi connectivity index (χ2n) is 16.3. The molecular formula is C58H36O. The van der Waals surface area contributed by atoms with Gasteiger partial charge in [-0.3, -0.25) is 0 Å².